The monoisotopic (exact) mass is 483 g/mol. The van der Waals surface area contributed by atoms with Gasteiger partial charge in [0.25, 0.3) is 0 Å². The zero-order chi connectivity index (χ0) is 24.5. The second kappa shape index (κ2) is 9.23. The molecule has 0 radical (unpaired) electrons. The molecule has 8 heteroatoms. The van der Waals surface area contributed by atoms with Gasteiger partial charge in [0.15, 0.2) is 5.11 Å². The van der Waals surface area contributed by atoms with Crippen molar-refractivity contribution in [3.63, 3.8) is 0 Å². The van der Waals surface area contributed by atoms with Gasteiger partial charge in [0, 0.05) is 49.2 Å². The van der Waals surface area contributed by atoms with Crippen LogP contribution in [0.25, 0.3) is 5.69 Å². The molecule has 0 bridgehead atoms. The first-order chi connectivity index (χ1) is 16.9. The number of anilines is 2. The molecule has 4 aromatic rings. The molecule has 5 rings (SSSR count). The predicted molar refractivity (Wildman–Crippen MR) is 141 cm³/mol. The summed E-state index contributed by atoms with van der Waals surface area (Å²) in [5.41, 5.74) is 4.90. The van der Waals surface area contributed by atoms with Crippen molar-refractivity contribution in [2.24, 2.45) is 0 Å². The van der Waals surface area contributed by atoms with Gasteiger partial charge < -0.3 is 24.8 Å². The largest absolute Gasteiger partial charge is 0.478 e. The van der Waals surface area contributed by atoms with E-state index in [0.29, 0.717) is 5.11 Å². The summed E-state index contributed by atoms with van der Waals surface area (Å²) in [5, 5.41) is 13.6. The average Bonchev–Trinajstić information content (AvgIpc) is 3.49. The van der Waals surface area contributed by atoms with Gasteiger partial charge in [-0.1, -0.05) is 12.1 Å². The Balaban J connectivity index is 1.64. The van der Waals surface area contributed by atoms with Gasteiger partial charge in [-0.3, -0.25) is 4.98 Å². The third-order valence-corrected chi connectivity index (χ3v) is 6.51. The van der Waals surface area contributed by atoms with Gasteiger partial charge in [0.2, 0.25) is 0 Å². The van der Waals surface area contributed by atoms with E-state index in [-0.39, 0.29) is 17.6 Å². The number of nitrogens with one attached hydrogen (secondary N) is 1. The highest BCUT2D eigenvalue weighted by Gasteiger charge is 2.42. The first-order valence-electron chi connectivity index (χ1n) is 11.2. The number of carboxylic acid groups (broad SMARTS) is 1. The van der Waals surface area contributed by atoms with Crippen molar-refractivity contribution in [2.75, 3.05) is 23.9 Å². The Morgan fingerprint density at radius 3 is 2.49 bits per heavy atom. The number of hydrogen-bond acceptors (Lipinski definition) is 4. The van der Waals surface area contributed by atoms with E-state index in [9.17, 15) is 9.90 Å². The summed E-state index contributed by atoms with van der Waals surface area (Å²) in [6, 6.07) is 24.6. The molecule has 0 spiro atoms. The summed E-state index contributed by atoms with van der Waals surface area (Å²) in [6.45, 7) is 0. The van der Waals surface area contributed by atoms with Crippen LogP contribution in [0.15, 0.2) is 91.3 Å². The molecule has 7 nitrogen and oxygen atoms in total. The molecule has 176 valence electrons. The van der Waals surface area contributed by atoms with E-state index in [0.717, 1.165) is 28.5 Å². The van der Waals surface area contributed by atoms with Crippen molar-refractivity contribution >= 4 is 34.7 Å². The normalized spacial score (nSPS) is 17.3. The molecule has 1 fully saturated rings. The number of benzene rings is 2. The van der Waals surface area contributed by atoms with Gasteiger partial charge in [0.05, 0.1) is 17.3 Å². The van der Waals surface area contributed by atoms with Crippen molar-refractivity contribution in [2.45, 2.75) is 12.1 Å². The molecule has 0 saturated carbocycles. The van der Waals surface area contributed by atoms with Crippen LogP contribution >= 0.6 is 12.2 Å². The second-order valence-corrected chi connectivity index (χ2v) is 8.95. The molecule has 1 saturated heterocycles. The highest BCUT2D eigenvalue weighted by molar-refractivity contribution is 7.80. The molecule has 2 unspecified atom stereocenters. The number of aromatic nitrogens is 2. The summed E-state index contributed by atoms with van der Waals surface area (Å²) in [5.74, 6) is -0.960. The molecule has 1 aliphatic rings. The summed E-state index contributed by atoms with van der Waals surface area (Å²) in [4.78, 5) is 20.4. The minimum Gasteiger partial charge on any atom is -0.478 e. The summed E-state index contributed by atoms with van der Waals surface area (Å²) in [7, 11) is 4.02. The van der Waals surface area contributed by atoms with E-state index in [1.165, 1.54) is 0 Å². The lowest BCUT2D eigenvalue weighted by atomic mass is 10.0. The van der Waals surface area contributed by atoms with Crippen LogP contribution in [0, 0.1) is 0 Å². The Bertz CT molecular complexity index is 1370. The van der Waals surface area contributed by atoms with Crippen LogP contribution in [-0.2, 0) is 0 Å². The highest BCUT2D eigenvalue weighted by Crippen LogP contribution is 2.42. The smallest absolute Gasteiger partial charge is 0.335 e. The molecule has 0 aliphatic carbocycles. The van der Waals surface area contributed by atoms with E-state index in [1.807, 2.05) is 61.3 Å². The lowest BCUT2D eigenvalue weighted by molar-refractivity contribution is 0.0697. The summed E-state index contributed by atoms with van der Waals surface area (Å²) >= 11 is 5.84. The Morgan fingerprint density at radius 2 is 1.80 bits per heavy atom. The molecule has 2 aromatic heterocycles. The van der Waals surface area contributed by atoms with Crippen LogP contribution < -0.4 is 15.1 Å². The van der Waals surface area contributed by atoms with Gasteiger partial charge >= 0.3 is 5.97 Å². The zero-order valence-corrected chi connectivity index (χ0v) is 20.2. The van der Waals surface area contributed by atoms with Crippen LogP contribution in [0.3, 0.4) is 0 Å². The van der Waals surface area contributed by atoms with Crippen LogP contribution in [0.1, 0.15) is 33.8 Å². The van der Waals surface area contributed by atoms with Gasteiger partial charge in [-0.15, -0.1) is 0 Å². The summed E-state index contributed by atoms with van der Waals surface area (Å²) < 4.78 is 2.02. The first kappa shape index (κ1) is 22.6. The minimum atomic E-state index is -0.960. The van der Waals surface area contributed by atoms with E-state index in [2.05, 4.69) is 44.4 Å². The third-order valence-electron chi connectivity index (χ3n) is 6.20. The van der Waals surface area contributed by atoms with Crippen LogP contribution in [0.5, 0.6) is 0 Å². The van der Waals surface area contributed by atoms with Gasteiger partial charge in [0.1, 0.15) is 6.04 Å². The number of nitrogens with zero attached hydrogens (tertiary/aromatic N) is 4. The average molecular weight is 484 g/mol. The molecule has 35 heavy (non-hydrogen) atoms. The topological polar surface area (TPSA) is 73.6 Å². The number of hydrogen-bond donors (Lipinski definition) is 2. The second-order valence-electron chi connectivity index (χ2n) is 8.57. The predicted octanol–water partition coefficient (Wildman–Crippen LogP) is 4.81. The van der Waals surface area contributed by atoms with Crippen molar-refractivity contribution in [3.8, 4) is 5.69 Å². The lowest BCUT2D eigenvalue weighted by Crippen LogP contribution is -2.30. The molecule has 2 N–H and O–H groups in total. The lowest BCUT2D eigenvalue weighted by Gasteiger charge is -2.29. The Kier molecular flexibility index (Phi) is 5.96. The molecular formula is C27H25N5O2S. The van der Waals surface area contributed by atoms with Crippen LogP contribution in [-0.4, -0.2) is 39.8 Å². The fraction of sp³-hybridized carbons (Fsp3) is 0.148. The van der Waals surface area contributed by atoms with E-state index < -0.39 is 5.97 Å². The maximum atomic E-state index is 11.6. The fourth-order valence-corrected chi connectivity index (χ4v) is 4.85. The zero-order valence-electron chi connectivity index (χ0n) is 19.4. The van der Waals surface area contributed by atoms with E-state index >= 15 is 0 Å². The SMILES string of the molecule is CN(C)c1ccc(N2C(=S)NC(c3ccccn3)C2c2cccn2-c2cccc(C(=O)O)c2)cc1. The van der Waals surface area contributed by atoms with Crippen molar-refractivity contribution in [1.82, 2.24) is 14.9 Å². The Morgan fingerprint density at radius 1 is 1.00 bits per heavy atom. The molecule has 0 amide bonds. The van der Waals surface area contributed by atoms with E-state index in [4.69, 9.17) is 12.2 Å². The van der Waals surface area contributed by atoms with Crippen molar-refractivity contribution in [1.29, 1.82) is 0 Å². The maximum Gasteiger partial charge on any atom is 0.335 e. The van der Waals surface area contributed by atoms with Gasteiger partial charge in [-0.05, 0) is 78.9 Å². The first-order valence-corrected chi connectivity index (χ1v) is 11.6. The molecule has 1 aliphatic heterocycles. The molecule has 3 heterocycles. The standard InChI is InChI=1S/C27H25N5O2S/c1-30(2)19-11-13-20(14-12-19)32-25(24(29-27(32)35)22-9-3-4-15-28-22)23-10-6-16-31(23)21-8-5-7-18(17-21)26(33)34/h3-17,24-25H,1-2H3,(H,29,35)(H,33,34). The van der Waals surface area contributed by atoms with Crippen molar-refractivity contribution < 1.29 is 9.90 Å². The Labute approximate surface area is 209 Å². The third kappa shape index (κ3) is 4.24. The number of aromatic carboxylic acids is 1. The highest BCUT2D eigenvalue weighted by atomic mass is 32.1. The van der Waals surface area contributed by atoms with Crippen molar-refractivity contribution in [3.05, 3.63) is 108 Å². The maximum absolute atomic E-state index is 11.6. The van der Waals surface area contributed by atoms with Gasteiger partial charge in [-0.2, -0.15) is 0 Å². The number of carbonyl (C=O) groups is 1. The quantitative estimate of drug-likeness (QED) is 0.381. The summed E-state index contributed by atoms with van der Waals surface area (Å²) in [6.07, 6.45) is 3.72. The fourth-order valence-electron chi connectivity index (χ4n) is 4.50. The number of rotatable bonds is 6. The molecule has 2 aromatic carbocycles. The number of pyridine rings is 1. The van der Waals surface area contributed by atoms with Crippen LogP contribution in [0.2, 0.25) is 0 Å². The molecule has 2 atom stereocenters. The van der Waals surface area contributed by atoms with Gasteiger partial charge in [-0.25, -0.2) is 4.79 Å². The minimum absolute atomic E-state index is 0.200. The number of thiocarbonyl (C=S) groups is 1. The Hall–Kier alpha value is -4.17. The molecular weight excluding hydrogens is 458 g/mol. The number of carboxylic acids is 1. The van der Waals surface area contributed by atoms with Crippen LogP contribution in [0.4, 0.5) is 11.4 Å². The van der Waals surface area contributed by atoms with E-state index in [1.54, 1.807) is 24.4 Å².